The summed E-state index contributed by atoms with van der Waals surface area (Å²) in [6, 6.07) is 7.07. The number of rotatable bonds is 2. The summed E-state index contributed by atoms with van der Waals surface area (Å²) in [5.74, 6) is 1.28. The van der Waals surface area contributed by atoms with Crippen molar-refractivity contribution in [2.24, 2.45) is 0 Å². The number of anilines is 2. The molecular weight excluding hydrogens is 284 g/mol. The lowest BCUT2D eigenvalue weighted by Gasteiger charge is -2.07. The molecule has 22 heavy (non-hydrogen) atoms. The van der Waals surface area contributed by atoms with Crippen LogP contribution in [0.2, 0.25) is 0 Å². The van der Waals surface area contributed by atoms with Crippen molar-refractivity contribution in [2.75, 3.05) is 11.5 Å². The molecule has 108 valence electrons. The second-order valence-electron chi connectivity index (χ2n) is 4.51. The Morgan fingerprint density at radius 3 is 2.00 bits per heavy atom. The van der Waals surface area contributed by atoms with Crippen LogP contribution in [0.3, 0.4) is 0 Å². The Morgan fingerprint density at radius 1 is 0.773 bits per heavy atom. The molecule has 0 amide bonds. The Hall–Kier alpha value is -3.42. The summed E-state index contributed by atoms with van der Waals surface area (Å²) >= 11 is 0. The van der Waals surface area contributed by atoms with Crippen molar-refractivity contribution in [3.05, 3.63) is 36.8 Å². The van der Waals surface area contributed by atoms with E-state index >= 15 is 0 Å². The molecule has 0 spiro atoms. The van der Waals surface area contributed by atoms with Crippen molar-refractivity contribution < 1.29 is 8.83 Å². The quantitative estimate of drug-likeness (QED) is 0.574. The molecule has 4 heterocycles. The first kappa shape index (κ1) is 12.3. The largest absolute Gasteiger partial charge is 0.463 e. The van der Waals surface area contributed by atoms with Gasteiger partial charge in [0.15, 0.2) is 28.5 Å². The van der Waals surface area contributed by atoms with Gasteiger partial charge in [0.2, 0.25) is 5.95 Å². The number of furan rings is 2. The van der Waals surface area contributed by atoms with E-state index in [1.165, 1.54) is 0 Å². The summed E-state index contributed by atoms with van der Waals surface area (Å²) in [6.45, 7) is 0. The van der Waals surface area contributed by atoms with E-state index in [0.29, 0.717) is 34.1 Å². The van der Waals surface area contributed by atoms with E-state index in [2.05, 4.69) is 19.9 Å². The Bertz CT molecular complexity index is 947. The van der Waals surface area contributed by atoms with Gasteiger partial charge in [-0.2, -0.15) is 9.97 Å². The van der Waals surface area contributed by atoms with Crippen molar-refractivity contribution in [1.82, 2.24) is 19.9 Å². The van der Waals surface area contributed by atoms with E-state index < -0.39 is 0 Å². The van der Waals surface area contributed by atoms with E-state index in [1.807, 2.05) is 0 Å². The van der Waals surface area contributed by atoms with Gasteiger partial charge in [0, 0.05) is 0 Å². The molecule has 0 unspecified atom stereocenters. The maximum Gasteiger partial charge on any atom is 0.224 e. The summed E-state index contributed by atoms with van der Waals surface area (Å²) in [6.07, 6.45) is 3.10. The molecule has 0 bridgehead atoms. The van der Waals surface area contributed by atoms with Crippen LogP contribution in [-0.2, 0) is 0 Å². The molecule has 4 N–H and O–H groups in total. The molecule has 8 nitrogen and oxygen atoms in total. The number of nitrogen functional groups attached to an aromatic ring is 2. The van der Waals surface area contributed by atoms with Crippen LogP contribution < -0.4 is 11.5 Å². The number of fused-ring (bicyclic) bond motifs is 1. The van der Waals surface area contributed by atoms with Gasteiger partial charge in [-0.05, 0) is 24.3 Å². The van der Waals surface area contributed by atoms with E-state index in [4.69, 9.17) is 20.3 Å². The summed E-state index contributed by atoms with van der Waals surface area (Å²) < 4.78 is 10.8. The highest BCUT2D eigenvalue weighted by atomic mass is 16.3. The molecule has 0 saturated carbocycles. The Morgan fingerprint density at radius 2 is 1.41 bits per heavy atom. The van der Waals surface area contributed by atoms with E-state index in [1.54, 1.807) is 36.8 Å². The number of hydrogen-bond donors (Lipinski definition) is 2. The zero-order valence-corrected chi connectivity index (χ0v) is 11.2. The van der Waals surface area contributed by atoms with Gasteiger partial charge in [0.1, 0.15) is 11.4 Å². The minimum Gasteiger partial charge on any atom is -0.463 e. The molecule has 0 fully saturated rings. The van der Waals surface area contributed by atoms with Crippen LogP contribution in [-0.4, -0.2) is 19.9 Å². The first-order chi connectivity index (χ1) is 10.7. The first-order valence-electron chi connectivity index (χ1n) is 6.41. The Labute approximate surface area is 123 Å². The second kappa shape index (κ2) is 4.55. The van der Waals surface area contributed by atoms with Gasteiger partial charge in [-0.15, -0.1) is 0 Å². The minimum absolute atomic E-state index is 0.0374. The number of hydrogen-bond acceptors (Lipinski definition) is 8. The smallest absolute Gasteiger partial charge is 0.224 e. The monoisotopic (exact) mass is 294 g/mol. The highest BCUT2D eigenvalue weighted by Gasteiger charge is 2.19. The lowest BCUT2D eigenvalue weighted by atomic mass is 10.2. The molecule has 8 heteroatoms. The maximum atomic E-state index is 5.86. The summed E-state index contributed by atoms with van der Waals surface area (Å²) in [4.78, 5) is 16.9. The van der Waals surface area contributed by atoms with Crippen molar-refractivity contribution in [1.29, 1.82) is 0 Å². The standard InChI is InChI=1S/C14H10N6O2/c15-12-11-13(20-14(16)19-12)18-10(8-4-2-6-22-8)9(17-11)7-3-1-5-21-7/h1-6H,(H4,15,16,18,19,20). The van der Waals surface area contributed by atoms with Crippen molar-refractivity contribution in [3.8, 4) is 22.9 Å². The van der Waals surface area contributed by atoms with E-state index in [0.717, 1.165) is 0 Å². The van der Waals surface area contributed by atoms with Crippen LogP contribution in [0.15, 0.2) is 45.6 Å². The van der Waals surface area contributed by atoms with E-state index in [-0.39, 0.29) is 11.8 Å². The van der Waals surface area contributed by atoms with Crippen LogP contribution in [0, 0.1) is 0 Å². The molecule has 0 radical (unpaired) electrons. The van der Waals surface area contributed by atoms with Gasteiger partial charge >= 0.3 is 0 Å². The predicted molar refractivity (Wildman–Crippen MR) is 79.4 cm³/mol. The molecule has 0 aromatic carbocycles. The fraction of sp³-hybridized carbons (Fsp3) is 0. The molecular formula is C14H10N6O2. The van der Waals surface area contributed by atoms with Crippen LogP contribution in [0.25, 0.3) is 34.1 Å². The Balaban J connectivity index is 2.09. The molecule has 0 saturated heterocycles. The number of aromatic nitrogens is 4. The van der Waals surface area contributed by atoms with E-state index in [9.17, 15) is 0 Å². The van der Waals surface area contributed by atoms with Crippen LogP contribution in [0.4, 0.5) is 11.8 Å². The zero-order chi connectivity index (χ0) is 15.1. The van der Waals surface area contributed by atoms with Crippen LogP contribution in [0.5, 0.6) is 0 Å². The highest BCUT2D eigenvalue weighted by Crippen LogP contribution is 2.32. The molecule has 0 aliphatic heterocycles. The number of nitrogens with zero attached hydrogens (tertiary/aromatic N) is 4. The average molecular weight is 294 g/mol. The average Bonchev–Trinajstić information content (AvgIpc) is 3.19. The second-order valence-corrected chi connectivity index (χ2v) is 4.51. The third kappa shape index (κ3) is 1.85. The lowest BCUT2D eigenvalue weighted by Crippen LogP contribution is -2.04. The highest BCUT2D eigenvalue weighted by molar-refractivity contribution is 5.87. The van der Waals surface area contributed by atoms with Gasteiger partial charge in [-0.25, -0.2) is 9.97 Å². The SMILES string of the molecule is Nc1nc(N)c2nc(-c3ccco3)c(-c3ccco3)nc2n1. The van der Waals surface area contributed by atoms with Crippen molar-refractivity contribution in [2.45, 2.75) is 0 Å². The first-order valence-corrected chi connectivity index (χ1v) is 6.41. The fourth-order valence-corrected chi connectivity index (χ4v) is 2.16. The Kier molecular flexibility index (Phi) is 2.55. The van der Waals surface area contributed by atoms with Gasteiger partial charge in [-0.3, -0.25) is 0 Å². The van der Waals surface area contributed by atoms with Crippen LogP contribution >= 0.6 is 0 Å². The number of nitrogens with two attached hydrogens (primary N) is 2. The lowest BCUT2D eigenvalue weighted by molar-refractivity contribution is 0.572. The third-order valence-electron chi connectivity index (χ3n) is 3.08. The molecule has 4 aromatic heterocycles. The molecule has 0 aliphatic carbocycles. The normalized spacial score (nSPS) is 11.1. The van der Waals surface area contributed by atoms with Gasteiger partial charge in [0.05, 0.1) is 12.5 Å². The molecule has 4 aromatic rings. The molecule has 4 rings (SSSR count). The minimum atomic E-state index is 0.0374. The van der Waals surface area contributed by atoms with Crippen molar-refractivity contribution >= 4 is 22.9 Å². The summed E-state index contributed by atoms with van der Waals surface area (Å²) in [5, 5.41) is 0. The summed E-state index contributed by atoms with van der Waals surface area (Å²) in [5.41, 5.74) is 13.1. The predicted octanol–water partition coefficient (Wildman–Crippen LogP) is 2.10. The van der Waals surface area contributed by atoms with Gasteiger partial charge in [-0.1, -0.05) is 0 Å². The summed E-state index contributed by atoms with van der Waals surface area (Å²) in [7, 11) is 0. The third-order valence-corrected chi connectivity index (χ3v) is 3.08. The van der Waals surface area contributed by atoms with Crippen LogP contribution in [0.1, 0.15) is 0 Å². The molecule has 0 atom stereocenters. The fourth-order valence-electron chi connectivity index (χ4n) is 2.16. The van der Waals surface area contributed by atoms with Gasteiger partial charge < -0.3 is 20.3 Å². The zero-order valence-electron chi connectivity index (χ0n) is 11.2. The molecule has 0 aliphatic rings. The topological polar surface area (TPSA) is 130 Å². The van der Waals surface area contributed by atoms with Crippen molar-refractivity contribution in [3.63, 3.8) is 0 Å². The maximum absolute atomic E-state index is 5.86. The van der Waals surface area contributed by atoms with Gasteiger partial charge in [0.25, 0.3) is 0 Å².